The van der Waals surface area contributed by atoms with Crippen LogP contribution in [0.1, 0.15) is 45.1 Å². The van der Waals surface area contributed by atoms with E-state index in [0.29, 0.717) is 36.7 Å². The molecule has 0 bridgehead atoms. The molecule has 44 heavy (non-hydrogen) atoms. The SMILES string of the molecule is CC(C)(Oc1cccc(N2CCC[C@@H](C(=O)N(Cc3ccc(-c4cn[nH]c4)cc3)C3CC3)C2)c1)C(=O)N1C[C@H]2CNC[C@H]2C1. The number of hydrogen-bond acceptors (Lipinski definition) is 6. The maximum absolute atomic E-state index is 14.0. The predicted octanol–water partition coefficient (Wildman–Crippen LogP) is 4.32. The summed E-state index contributed by atoms with van der Waals surface area (Å²) in [7, 11) is 0. The van der Waals surface area contributed by atoms with Crippen molar-refractivity contribution in [2.75, 3.05) is 44.2 Å². The van der Waals surface area contributed by atoms with Crippen molar-refractivity contribution in [3.63, 3.8) is 0 Å². The molecule has 1 saturated carbocycles. The van der Waals surface area contributed by atoms with Gasteiger partial charge in [0.15, 0.2) is 5.60 Å². The van der Waals surface area contributed by atoms with Crippen molar-refractivity contribution in [1.82, 2.24) is 25.3 Å². The molecule has 0 unspecified atom stereocenters. The molecule has 0 radical (unpaired) electrons. The normalized spacial score (nSPS) is 23.5. The fourth-order valence-electron chi connectivity index (χ4n) is 7.31. The van der Waals surface area contributed by atoms with Gasteiger partial charge in [0.1, 0.15) is 5.75 Å². The molecule has 3 atom stereocenters. The fraction of sp³-hybridized carbons (Fsp3) is 0.514. The highest BCUT2D eigenvalue weighted by Crippen LogP contribution is 2.34. The van der Waals surface area contributed by atoms with Crippen LogP contribution in [0.15, 0.2) is 60.9 Å². The zero-order valence-corrected chi connectivity index (χ0v) is 25.9. The van der Waals surface area contributed by atoms with Crippen molar-refractivity contribution < 1.29 is 14.3 Å². The molecule has 4 fully saturated rings. The smallest absolute Gasteiger partial charge is 0.266 e. The van der Waals surface area contributed by atoms with E-state index in [4.69, 9.17) is 4.74 Å². The number of carbonyl (C=O) groups is 2. The van der Waals surface area contributed by atoms with Crippen LogP contribution in [0.3, 0.4) is 0 Å². The first kappa shape index (κ1) is 28.9. The maximum atomic E-state index is 14.0. The number of rotatable bonds is 9. The Kier molecular flexibility index (Phi) is 7.83. The van der Waals surface area contributed by atoms with E-state index < -0.39 is 5.60 Å². The molecule has 3 aliphatic heterocycles. The average molecular weight is 597 g/mol. The molecule has 3 saturated heterocycles. The number of fused-ring (bicyclic) bond motifs is 1. The van der Waals surface area contributed by atoms with Gasteiger partial charge in [0.25, 0.3) is 5.91 Å². The Hall–Kier alpha value is -3.85. The summed E-state index contributed by atoms with van der Waals surface area (Å²) < 4.78 is 6.37. The predicted molar refractivity (Wildman–Crippen MR) is 170 cm³/mol. The molecule has 2 amide bonds. The number of nitrogens with zero attached hydrogens (tertiary/aromatic N) is 4. The van der Waals surface area contributed by atoms with Gasteiger partial charge < -0.3 is 24.8 Å². The van der Waals surface area contributed by atoms with Gasteiger partial charge in [-0.25, -0.2) is 0 Å². The summed E-state index contributed by atoms with van der Waals surface area (Å²) in [6, 6.07) is 16.9. The summed E-state index contributed by atoms with van der Waals surface area (Å²) in [5, 5.41) is 10.4. The summed E-state index contributed by atoms with van der Waals surface area (Å²) in [6.45, 7) is 9.60. The van der Waals surface area contributed by atoms with Gasteiger partial charge in [-0.3, -0.25) is 14.7 Å². The van der Waals surface area contributed by atoms with Crippen molar-refractivity contribution in [2.45, 2.75) is 57.7 Å². The molecule has 3 aromatic rings. The number of hydrogen-bond donors (Lipinski definition) is 2. The lowest BCUT2D eigenvalue weighted by atomic mass is 9.95. The van der Waals surface area contributed by atoms with Crippen LogP contribution in [0, 0.1) is 17.8 Å². The van der Waals surface area contributed by atoms with Crippen molar-refractivity contribution >= 4 is 17.5 Å². The van der Waals surface area contributed by atoms with Crippen molar-refractivity contribution in [1.29, 1.82) is 0 Å². The van der Waals surface area contributed by atoms with Crippen LogP contribution in [-0.2, 0) is 16.1 Å². The van der Waals surface area contributed by atoms with Crippen LogP contribution >= 0.6 is 0 Å². The van der Waals surface area contributed by atoms with Crippen LogP contribution in [0.25, 0.3) is 11.1 Å². The Morgan fingerprint density at radius 1 is 1.00 bits per heavy atom. The maximum Gasteiger partial charge on any atom is 0.266 e. The molecule has 9 heteroatoms. The minimum atomic E-state index is -0.952. The third-order valence-corrected chi connectivity index (χ3v) is 9.93. The second kappa shape index (κ2) is 11.9. The Bertz CT molecular complexity index is 1460. The Balaban J connectivity index is 0.992. The minimum absolute atomic E-state index is 0.0405. The van der Waals surface area contributed by atoms with E-state index in [9.17, 15) is 9.59 Å². The molecule has 4 heterocycles. The average Bonchev–Trinajstić information content (AvgIpc) is 3.37. The standard InChI is InChI=1S/C35H44N6O3/c1-35(2,34(43)40-22-28-16-36-17-29(28)23-40)44-32-7-3-6-31(15-32)39-14-4-5-26(21-39)33(42)41(30-12-13-30)20-24-8-10-25(11-9-24)27-18-37-38-19-27/h3,6-11,15,18-19,26,28-30,36H,4-5,12-14,16-17,20-23H2,1-2H3,(H,37,38)/t26-,28-,29+/m1/s1. The minimum Gasteiger partial charge on any atom is -0.478 e. The van der Waals surface area contributed by atoms with Gasteiger partial charge in [-0.05, 0) is 74.6 Å². The molecule has 0 spiro atoms. The first-order chi connectivity index (χ1) is 21.3. The van der Waals surface area contributed by atoms with Gasteiger partial charge in [-0.1, -0.05) is 30.3 Å². The lowest BCUT2D eigenvalue weighted by Crippen LogP contribution is -2.48. The molecular formula is C35H44N6O3. The van der Waals surface area contributed by atoms with Gasteiger partial charge in [-0.2, -0.15) is 5.10 Å². The summed E-state index contributed by atoms with van der Waals surface area (Å²) in [4.78, 5) is 33.8. The Morgan fingerprint density at radius 3 is 2.48 bits per heavy atom. The lowest BCUT2D eigenvalue weighted by Gasteiger charge is -2.37. The van der Waals surface area contributed by atoms with Crippen molar-refractivity contribution in [2.24, 2.45) is 17.8 Å². The zero-order valence-electron chi connectivity index (χ0n) is 25.9. The summed E-state index contributed by atoms with van der Waals surface area (Å²) >= 11 is 0. The summed E-state index contributed by atoms with van der Waals surface area (Å²) in [5.74, 6) is 2.07. The summed E-state index contributed by atoms with van der Waals surface area (Å²) in [5.41, 5.74) is 3.42. The Labute approximate surface area is 259 Å². The molecule has 7 rings (SSSR count). The molecular weight excluding hydrogens is 552 g/mol. The number of likely N-dealkylation sites (tertiary alicyclic amines) is 1. The number of carbonyl (C=O) groups excluding carboxylic acids is 2. The largest absolute Gasteiger partial charge is 0.478 e. The van der Waals surface area contributed by atoms with Crippen LogP contribution in [0.4, 0.5) is 5.69 Å². The molecule has 2 aromatic carbocycles. The van der Waals surface area contributed by atoms with E-state index in [0.717, 1.165) is 80.8 Å². The van der Waals surface area contributed by atoms with Gasteiger partial charge in [0, 0.05) is 75.4 Å². The number of anilines is 1. The first-order valence-corrected chi connectivity index (χ1v) is 16.3. The molecule has 4 aliphatic rings. The molecule has 1 aliphatic carbocycles. The Morgan fingerprint density at radius 2 is 1.77 bits per heavy atom. The topological polar surface area (TPSA) is 93.8 Å². The van der Waals surface area contributed by atoms with Crippen LogP contribution in [-0.4, -0.2) is 82.7 Å². The number of ether oxygens (including phenoxy) is 1. The number of benzene rings is 2. The number of aromatic amines is 1. The van der Waals surface area contributed by atoms with Gasteiger partial charge >= 0.3 is 0 Å². The quantitative estimate of drug-likeness (QED) is 0.382. The van der Waals surface area contributed by atoms with Gasteiger partial charge in [-0.15, -0.1) is 0 Å². The second-order valence-corrected chi connectivity index (χ2v) is 13.7. The van der Waals surface area contributed by atoms with Crippen LogP contribution in [0.5, 0.6) is 5.75 Å². The zero-order chi connectivity index (χ0) is 30.3. The third-order valence-electron chi connectivity index (χ3n) is 9.93. The van der Waals surface area contributed by atoms with Gasteiger partial charge in [0.05, 0.1) is 12.1 Å². The van der Waals surface area contributed by atoms with E-state index in [1.807, 2.05) is 49.3 Å². The highest BCUT2D eigenvalue weighted by Gasteiger charge is 2.43. The number of H-pyrrole nitrogens is 1. The number of nitrogens with one attached hydrogen (secondary N) is 2. The fourth-order valence-corrected chi connectivity index (χ4v) is 7.31. The van der Waals surface area contributed by atoms with Crippen LogP contribution < -0.4 is 15.0 Å². The second-order valence-electron chi connectivity index (χ2n) is 13.7. The third kappa shape index (κ3) is 6.07. The van der Waals surface area contributed by atoms with E-state index in [2.05, 4.69) is 55.6 Å². The molecule has 1 aromatic heterocycles. The molecule has 232 valence electrons. The van der Waals surface area contributed by atoms with E-state index in [1.165, 1.54) is 0 Å². The van der Waals surface area contributed by atoms with E-state index in [-0.39, 0.29) is 17.7 Å². The number of aromatic nitrogens is 2. The highest BCUT2D eigenvalue weighted by atomic mass is 16.5. The van der Waals surface area contributed by atoms with Gasteiger partial charge in [0.2, 0.25) is 5.91 Å². The monoisotopic (exact) mass is 596 g/mol. The summed E-state index contributed by atoms with van der Waals surface area (Å²) in [6.07, 6.45) is 7.75. The molecule has 2 N–H and O–H groups in total. The van der Waals surface area contributed by atoms with Crippen LogP contribution in [0.2, 0.25) is 0 Å². The first-order valence-electron chi connectivity index (χ1n) is 16.3. The molecule has 9 nitrogen and oxygen atoms in total. The van der Waals surface area contributed by atoms with E-state index in [1.54, 1.807) is 0 Å². The lowest BCUT2D eigenvalue weighted by molar-refractivity contribution is -0.144. The van der Waals surface area contributed by atoms with Crippen molar-refractivity contribution in [3.8, 4) is 16.9 Å². The number of amides is 2. The highest BCUT2D eigenvalue weighted by molar-refractivity contribution is 5.85. The number of piperidine rings is 1. The van der Waals surface area contributed by atoms with Crippen molar-refractivity contribution in [3.05, 3.63) is 66.5 Å². The van der Waals surface area contributed by atoms with E-state index >= 15 is 0 Å².